The highest BCUT2D eigenvalue weighted by Gasteiger charge is 2.07. The summed E-state index contributed by atoms with van der Waals surface area (Å²) < 4.78 is 18.3. The van der Waals surface area contributed by atoms with Gasteiger partial charge in [-0.1, -0.05) is 0 Å². The second kappa shape index (κ2) is 3.84. The molecule has 0 bridgehead atoms. The SMILES string of the molecule is COc1cc(I)c(C=O)cc1F. The molecule has 12 heavy (non-hydrogen) atoms. The van der Waals surface area contributed by atoms with Crippen LogP contribution in [0.25, 0.3) is 0 Å². The van der Waals surface area contributed by atoms with E-state index in [0.717, 1.165) is 6.07 Å². The molecule has 1 rings (SSSR count). The van der Waals surface area contributed by atoms with Crippen molar-refractivity contribution < 1.29 is 13.9 Å². The predicted octanol–water partition coefficient (Wildman–Crippen LogP) is 2.25. The fourth-order valence-electron chi connectivity index (χ4n) is 0.791. The van der Waals surface area contributed by atoms with Crippen LogP contribution in [0.3, 0.4) is 0 Å². The summed E-state index contributed by atoms with van der Waals surface area (Å²) in [7, 11) is 1.38. The van der Waals surface area contributed by atoms with Gasteiger partial charge in [-0.25, -0.2) is 4.39 Å². The lowest BCUT2D eigenvalue weighted by molar-refractivity contribution is 0.112. The molecule has 0 spiro atoms. The summed E-state index contributed by atoms with van der Waals surface area (Å²) in [5, 5.41) is 0. The quantitative estimate of drug-likeness (QED) is 0.613. The average Bonchev–Trinajstić information content (AvgIpc) is 2.08. The molecule has 0 radical (unpaired) electrons. The van der Waals surface area contributed by atoms with Gasteiger partial charge in [0.25, 0.3) is 0 Å². The van der Waals surface area contributed by atoms with Crippen LogP contribution in [0.4, 0.5) is 4.39 Å². The van der Waals surface area contributed by atoms with Gasteiger partial charge in [0.15, 0.2) is 17.9 Å². The summed E-state index contributed by atoms with van der Waals surface area (Å²) >= 11 is 1.95. The maximum atomic E-state index is 12.9. The number of hydrogen-bond donors (Lipinski definition) is 0. The number of halogens is 2. The van der Waals surface area contributed by atoms with Crippen molar-refractivity contribution in [1.82, 2.24) is 0 Å². The van der Waals surface area contributed by atoms with E-state index >= 15 is 0 Å². The zero-order valence-electron chi connectivity index (χ0n) is 6.30. The van der Waals surface area contributed by atoms with Gasteiger partial charge in [-0.15, -0.1) is 0 Å². The van der Waals surface area contributed by atoms with Crippen LogP contribution < -0.4 is 4.74 Å². The van der Waals surface area contributed by atoms with Gasteiger partial charge in [-0.3, -0.25) is 4.79 Å². The van der Waals surface area contributed by atoms with Gasteiger partial charge >= 0.3 is 0 Å². The fraction of sp³-hybridized carbons (Fsp3) is 0.125. The van der Waals surface area contributed by atoms with Crippen molar-refractivity contribution in [2.75, 3.05) is 7.11 Å². The van der Waals surface area contributed by atoms with Gasteiger partial charge in [0.1, 0.15) is 0 Å². The first-order valence-corrected chi connectivity index (χ1v) is 4.25. The lowest BCUT2D eigenvalue weighted by Crippen LogP contribution is -1.93. The van der Waals surface area contributed by atoms with E-state index in [4.69, 9.17) is 4.74 Å². The Kier molecular flexibility index (Phi) is 3.02. The molecule has 0 fully saturated rings. The van der Waals surface area contributed by atoms with Crippen LogP contribution in [0.2, 0.25) is 0 Å². The summed E-state index contributed by atoms with van der Waals surface area (Å²) in [6.45, 7) is 0. The van der Waals surface area contributed by atoms with Gasteiger partial charge in [0.05, 0.1) is 7.11 Å². The van der Waals surface area contributed by atoms with E-state index in [1.165, 1.54) is 13.2 Å². The lowest BCUT2D eigenvalue weighted by atomic mass is 10.2. The molecule has 0 aromatic heterocycles. The Bertz CT molecular complexity index is 312. The molecule has 0 unspecified atom stereocenters. The first-order valence-electron chi connectivity index (χ1n) is 3.17. The van der Waals surface area contributed by atoms with Gasteiger partial charge in [0.2, 0.25) is 0 Å². The van der Waals surface area contributed by atoms with Crippen LogP contribution >= 0.6 is 22.6 Å². The van der Waals surface area contributed by atoms with Crippen molar-refractivity contribution in [3.05, 3.63) is 27.1 Å². The van der Waals surface area contributed by atoms with Crippen molar-refractivity contribution in [2.24, 2.45) is 0 Å². The Hall–Kier alpha value is -0.650. The first kappa shape index (κ1) is 9.44. The van der Waals surface area contributed by atoms with Crippen LogP contribution in [0.15, 0.2) is 12.1 Å². The third kappa shape index (κ3) is 1.74. The average molecular weight is 280 g/mol. The molecular formula is C8H6FIO2. The lowest BCUT2D eigenvalue weighted by Gasteiger charge is -2.03. The number of methoxy groups -OCH3 is 1. The van der Waals surface area contributed by atoms with E-state index in [-0.39, 0.29) is 5.75 Å². The summed E-state index contributed by atoms with van der Waals surface area (Å²) in [4.78, 5) is 10.4. The van der Waals surface area contributed by atoms with Gasteiger partial charge in [-0.2, -0.15) is 0 Å². The van der Waals surface area contributed by atoms with Crippen LogP contribution in [0, 0.1) is 9.39 Å². The molecule has 2 nitrogen and oxygen atoms in total. The first-order chi connectivity index (χ1) is 5.69. The predicted molar refractivity (Wildman–Crippen MR) is 51.1 cm³/mol. The molecule has 0 saturated heterocycles. The zero-order valence-corrected chi connectivity index (χ0v) is 8.46. The second-order valence-corrected chi connectivity index (χ2v) is 3.29. The van der Waals surface area contributed by atoms with Crippen molar-refractivity contribution >= 4 is 28.9 Å². The Morgan fingerprint density at radius 3 is 2.75 bits per heavy atom. The number of hydrogen-bond acceptors (Lipinski definition) is 2. The van der Waals surface area contributed by atoms with E-state index in [9.17, 15) is 9.18 Å². The molecule has 0 aliphatic carbocycles. The summed E-state index contributed by atoms with van der Waals surface area (Å²) in [6.07, 6.45) is 0.615. The second-order valence-electron chi connectivity index (χ2n) is 2.13. The van der Waals surface area contributed by atoms with Crippen molar-refractivity contribution in [1.29, 1.82) is 0 Å². The van der Waals surface area contributed by atoms with E-state index in [2.05, 4.69) is 0 Å². The third-order valence-corrected chi connectivity index (χ3v) is 2.33. The molecule has 4 heteroatoms. The molecule has 0 N–H and O–H groups in total. The molecular weight excluding hydrogens is 274 g/mol. The molecule has 0 amide bonds. The highest BCUT2D eigenvalue weighted by Crippen LogP contribution is 2.22. The van der Waals surface area contributed by atoms with Crippen LogP contribution in [-0.4, -0.2) is 13.4 Å². The Morgan fingerprint density at radius 1 is 1.58 bits per heavy atom. The van der Waals surface area contributed by atoms with Crippen molar-refractivity contribution in [3.63, 3.8) is 0 Å². The fourth-order valence-corrected chi connectivity index (χ4v) is 1.36. The van der Waals surface area contributed by atoms with Crippen LogP contribution in [-0.2, 0) is 0 Å². The van der Waals surface area contributed by atoms with Crippen molar-refractivity contribution in [2.45, 2.75) is 0 Å². The number of carbonyl (C=O) groups excluding carboxylic acids is 1. The smallest absolute Gasteiger partial charge is 0.165 e. The van der Waals surface area contributed by atoms with Crippen LogP contribution in [0.1, 0.15) is 10.4 Å². The third-order valence-electron chi connectivity index (χ3n) is 1.40. The molecule has 0 atom stereocenters. The molecule has 1 aromatic carbocycles. The van der Waals surface area contributed by atoms with E-state index in [1.54, 1.807) is 0 Å². The Labute approximate surface area is 82.9 Å². The highest BCUT2D eigenvalue weighted by molar-refractivity contribution is 14.1. The highest BCUT2D eigenvalue weighted by atomic mass is 127. The number of rotatable bonds is 2. The number of ether oxygens (including phenoxy) is 1. The van der Waals surface area contributed by atoms with Gasteiger partial charge in [-0.05, 0) is 34.7 Å². The van der Waals surface area contributed by atoms with E-state index < -0.39 is 5.82 Å². The molecule has 1 aromatic rings. The Balaban J connectivity index is 3.25. The van der Waals surface area contributed by atoms with E-state index in [0.29, 0.717) is 15.4 Å². The van der Waals surface area contributed by atoms with Crippen LogP contribution in [0.5, 0.6) is 5.75 Å². The monoisotopic (exact) mass is 280 g/mol. The minimum Gasteiger partial charge on any atom is -0.494 e. The summed E-state index contributed by atoms with van der Waals surface area (Å²) in [6, 6.07) is 2.65. The number of aldehydes is 1. The maximum Gasteiger partial charge on any atom is 0.165 e. The largest absolute Gasteiger partial charge is 0.494 e. The zero-order chi connectivity index (χ0) is 9.14. The Morgan fingerprint density at radius 2 is 2.25 bits per heavy atom. The molecule has 0 aliphatic rings. The minimum absolute atomic E-state index is 0.157. The standard InChI is InChI=1S/C8H6FIO2/c1-12-8-3-7(10)5(4-11)2-6(8)9/h2-4H,1H3. The number of benzene rings is 1. The van der Waals surface area contributed by atoms with Gasteiger partial charge < -0.3 is 4.74 Å². The van der Waals surface area contributed by atoms with E-state index in [1.807, 2.05) is 22.6 Å². The number of carbonyl (C=O) groups is 1. The summed E-state index contributed by atoms with van der Waals surface area (Å²) in [5.74, 6) is -0.356. The summed E-state index contributed by atoms with van der Waals surface area (Å²) in [5.41, 5.74) is 0.342. The minimum atomic E-state index is -0.514. The maximum absolute atomic E-state index is 12.9. The molecule has 0 heterocycles. The van der Waals surface area contributed by atoms with Gasteiger partial charge in [0, 0.05) is 9.13 Å². The molecule has 0 saturated carbocycles. The van der Waals surface area contributed by atoms with Crippen molar-refractivity contribution in [3.8, 4) is 5.75 Å². The molecule has 0 aliphatic heterocycles. The molecule has 64 valence electrons. The topological polar surface area (TPSA) is 26.3 Å². The normalized spacial score (nSPS) is 9.58.